The Hall–Kier alpha value is -3.48. The van der Waals surface area contributed by atoms with E-state index >= 15 is 0 Å². The van der Waals surface area contributed by atoms with Crippen molar-refractivity contribution in [2.75, 3.05) is 6.54 Å². The summed E-state index contributed by atoms with van der Waals surface area (Å²) in [6.45, 7) is 4.62. The van der Waals surface area contributed by atoms with Crippen molar-refractivity contribution in [2.45, 2.75) is 52.2 Å². The fourth-order valence-corrected chi connectivity index (χ4v) is 4.87. The van der Waals surface area contributed by atoms with Crippen molar-refractivity contribution in [1.82, 2.24) is 24.6 Å². The number of hydrogen-bond donors (Lipinski definition) is 0. The fraction of sp³-hybridized carbons (Fsp3) is 0.346. The highest BCUT2D eigenvalue weighted by molar-refractivity contribution is 5.99. The zero-order valence-corrected chi connectivity index (χ0v) is 19.0. The number of nitrogens with zero attached hydrogens (tertiary/aromatic N) is 5. The summed E-state index contributed by atoms with van der Waals surface area (Å²) in [5.74, 6) is 0.761. The zero-order valence-electron chi connectivity index (χ0n) is 19.0. The van der Waals surface area contributed by atoms with Gasteiger partial charge in [-0.2, -0.15) is 5.12 Å². The lowest BCUT2D eigenvalue weighted by atomic mass is 9.96. The number of halogens is 1. The van der Waals surface area contributed by atoms with Gasteiger partial charge in [0.15, 0.2) is 0 Å². The number of rotatable bonds is 4. The van der Waals surface area contributed by atoms with Crippen LogP contribution in [0.5, 0.6) is 0 Å². The molecular formula is C26H28FN5O. The third-order valence-electron chi connectivity index (χ3n) is 6.45. The number of fused-ring (bicyclic) bond motifs is 1. The number of imidazole rings is 1. The van der Waals surface area contributed by atoms with Gasteiger partial charge in [-0.1, -0.05) is 40.9 Å². The first-order valence-corrected chi connectivity index (χ1v) is 11.5. The number of aryl methyl sites for hydroxylation is 1. The number of hydrogen-bond acceptors (Lipinski definition) is 4. The van der Waals surface area contributed by atoms with Gasteiger partial charge in [-0.05, 0) is 44.7 Å². The smallest absolute Gasteiger partial charge is 0.273 e. The van der Waals surface area contributed by atoms with Crippen LogP contribution in [-0.4, -0.2) is 43.1 Å². The average Bonchev–Trinajstić information content (AvgIpc) is 3.22. The summed E-state index contributed by atoms with van der Waals surface area (Å²) in [5.41, 5.74) is 4.86. The van der Waals surface area contributed by atoms with Crippen molar-refractivity contribution < 1.29 is 9.28 Å². The van der Waals surface area contributed by atoms with Crippen molar-refractivity contribution >= 4 is 11.5 Å². The summed E-state index contributed by atoms with van der Waals surface area (Å²) in [7, 11) is 0. The van der Waals surface area contributed by atoms with Crippen LogP contribution in [0.3, 0.4) is 0 Å². The number of likely N-dealkylation sites (tertiary alicyclic amines) is 1. The van der Waals surface area contributed by atoms with E-state index in [2.05, 4.69) is 4.98 Å². The Morgan fingerprint density at radius 1 is 1.09 bits per heavy atom. The molecule has 5 rings (SSSR count). The minimum atomic E-state index is -0.0303. The van der Waals surface area contributed by atoms with E-state index in [9.17, 15) is 9.28 Å². The predicted molar refractivity (Wildman–Crippen MR) is 126 cm³/mol. The monoisotopic (exact) mass is 445 g/mol. The molecule has 7 heteroatoms. The average molecular weight is 446 g/mol. The summed E-state index contributed by atoms with van der Waals surface area (Å²) >= 11 is 0. The van der Waals surface area contributed by atoms with Crippen LogP contribution in [0.1, 0.15) is 53.9 Å². The maximum absolute atomic E-state index is 13.8. The molecule has 0 saturated carbocycles. The first-order valence-electron chi connectivity index (χ1n) is 11.5. The van der Waals surface area contributed by atoms with E-state index in [1.54, 1.807) is 0 Å². The van der Waals surface area contributed by atoms with Gasteiger partial charge in [0.05, 0.1) is 5.69 Å². The molecule has 1 fully saturated rings. The van der Waals surface area contributed by atoms with Crippen molar-refractivity contribution in [2.24, 2.45) is 0 Å². The Morgan fingerprint density at radius 3 is 2.73 bits per heavy atom. The van der Waals surface area contributed by atoms with E-state index < -0.39 is 0 Å². The van der Waals surface area contributed by atoms with Gasteiger partial charge in [0, 0.05) is 48.2 Å². The van der Waals surface area contributed by atoms with Crippen LogP contribution in [-0.2, 0) is 13.1 Å². The van der Waals surface area contributed by atoms with Crippen LogP contribution in [0.2, 0.25) is 0 Å². The number of benzene rings is 1. The minimum Gasteiger partial charge on any atom is -0.334 e. The lowest BCUT2D eigenvalue weighted by Crippen LogP contribution is -2.45. The number of pyridine rings is 1. The van der Waals surface area contributed by atoms with Gasteiger partial charge in [-0.3, -0.25) is 4.79 Å². The Labute approximate surface area is 193 Å². The molecule has 1 saturated heterocycles. The number of carbonyl (C=O) groups excluding carboxylic acids is 1. The third-order valence-corrected chi connectivity index (χ3v) is 6.45. The lowest BCUT2D eigenvalue weighted by Gasteiger charge is -2.35. The maximum atomic E-state index is 13.8. The summed E-state index contributed by atoms with van der Waals surface area (Å²) < 4.78 is 15.6. The molecule has 2 aromatic heterocycles. The quantitative estimate of drug-likeness (QED) is 0.530. The zero-order chi connectivity index (χ0) is 22.9. The molecule has 2 aliphatic rings. The molecule has 0 unspecified atom stereocenters. The second-order valence-corrected chi connectivity index (χ2v) is 8.95. The highest BCUT2D eigenvalue weighted by Crippen LogP contribution is 2.29. The van der Waals surface area contributed by atoms with Crippen LogP contribution in [0.15, 0.2) is 54.9 Å². The Kier molecular flexibility index (Phi) is 5.70. The molecule has 0 spiro atoms. The number of piperidine rings is 1. The molecule has 33 heavy (non-hydrogen) atoms. The molecule has 2 aliphatic heterocycles. The highest BCUT2D eigenvalue weighted by atomic mass is 19.2. The van der Waals surface area contributed by atoms with Gasteiger partial charge in [-0.15, -0.1) is 0 Å². The number of carbonyl (C=O) groups is 1. The number of allylic oxidation sites excluding steroid dienone is 1. The summed E-state index contributed by atoms with van der Waals surface area (Å²) in [5, 5.41) is 0.665. The van der Waals surface area contributed by atoms with Crippen LogP contribution in [0, 0.1) is 6.92 Å². The summed E-state index contributed by atoms with van der Waals surface area (Å²) in [6, 6.07) is 13.9. The van der Waals surface area contributed by atoms with Crippen LogP contribution < -0.4 is 0 Å². The largest absolute Gasteiger partial charge is 0.334 e. The molecule has 1 atom stereocenters. The first kappa shape index (κ1) is 21.4. The van der Waals surface area contributed by atoms with Crippen molar-refractivity contribution in [3.05, 3.63) is 77.8 Å². The normalized spacial score (nSPS) is 18.2. The van der Waals surface area contributed by atoms with E-state index in [0.29, 0.717) is 23.8 Å². The Balaban J connectivity index is 1.43. The fourth-order valence-electron chi connectivity index (χ4n) is 4.87. The second-order valence-electron chi connectivity index (χ2n) is 8.95. The third kappa shape index (κ3) is 4.27. The van der Waals surface area contributed by atoms with Crippen molar-refractivity contribution in [3.8, 4) is 11.1 Å². The van der Waals surface area contributed by atoms with E-state index in [1.807, 2.05) is 72.0 Å². The topological polar surface area (TPSA) is 54.3 Å². The van der Waals surface area contributed by atoms with Gasteiger partial charge in [0.2, 0.25) is 0 Å². The van der Waals surface area contributed by atoms with E-state index in [1.165, 1.54) is 6.20 Å². The molecule has 3 aromatic rings. The van der Waals surface area contributed by atoms with Crippen molar-refractivity contribution in [1.29, 1.82) is 0 Å². The second kappa shape index (κ2) is 8.81. The Morgan fingerprint density at radius 2 is 1.91 bits per heavy atom. The Bertz CT molecular complexity index is 1200. The van der Waals surface area contributed by atoms with E-state index in [0.717, 1.165) is 53.2 Å². The summed E-state index contributed by atoms with van der Waals surface area (Å²) in [6.07, 6.45) is 7.01. The van der Waals surface area contributed by atoms with Gasteiger partial charge in [-0.25, -0.2) is 9.97 Å². The standard InChI is InChI=1S/C26H28FN5O/c1-18-15-31(27)17-30-16-21(29-25(18)30)14-22-10-6-7-13-32(22)26(33)24-23(12-11-19(2)28-24)20-8-4-3-5-9-20/h3-5,8-9,11-12,15-16,22H,6-7,10,13-14,17H2,1-2H3/t22-/m0/s1. The molecule has 0 bridgehead atoms. The van der Waals surface area contributed by atoms with Crippen molar-refractivity contribution in [3.63, 3.8) is 0 Å². The molecular weight excluding hydrogens is 417 g/mol. The van der Waals surface area contributed by atoms with Crippen LogP contribution >= 0.6 is 0 Å². The van der Waals surface area contributed by atoms with Crippen LogP contribution in [0.4, 0.5) is 4.48 Å². The number of amides is 1. The maximum Gasteiger partial charge on any atom is 0.273 e. The van der Waals surface area contributed by atoms with E-state index in [4.69, 9.17) is 4.98 Å². The molecule has 6 nitrogen and oxygen atoms in total. The van der Waals surface area contributed by atoms with E-state index in [-0.39, 0.29) is 18.6 Å². The van der Waals surface area contributed by atoms with Gasteiger partial charge < -0.3 is 9.47 Å². The SMILES string of the molecule is CC1=CN(F)Cn2cc(C[C@@H]3CCCCN3C(=O)c3nc(C)ccc3-c3ccccc3)nc21. The predicted octanol–water partition coefficient (Wildman–Crippen LogP) is 5.01. The van der Waals surface area contributed by atoms with Crippen LogP contribution in [0.25, 0.3) is 16.7 Å². The van der Waals surface area contributed by atoms with Gasteiger partial charge >= 0.3 is 0 Å². The molecule has 0 aliphatic carbocycles. The lowest BCUT2D eigenvalue weighted by molar-refractivity contribution is 0.0482. The molecule has 0 N–H and O–H groups in total. The molecule has 0 radical (unpaired) electrons. The number of aromatic nitrogens is 3. The molecule has 1 amide bonds. The summed E-state index contributed by atoms with van der Waals surface area (Å²) in [4.78, 5) is 25.2. The highest BCUT2D eigenvalue weighted by Gasteiger charge is 2.31. The minimum absolute atomic E-state index is 0.0303. The van der Waals surface area contributed by atoms with Gasteiger partial charge in [0.25, 0.3) is 5.91 Å². The molecule has 4 heterocycles. The molecule has 1 aromatic carbocycles. The van der Waals surface area contributed by atoms with Gasteiger partial charge in [0.1, 0.15) is 18.2 Å². The molecule has 170 valence electrons. The first-order chi connectivity index (χ1) is 16.0.